The van der Waals surface area contributed by atoms with E-state index in [0.29, 0.717) is 13.0 Å². The zero-order chi connectivity index (χ0) is 25.9. The van der Waals surface area contributed by atoms with E-state index in [9.17, 15) is 19.2 Å². The summed E-state index contributed by atoms with van der Waals surface area (Å²) in [6, 6.07) is 10.4. The number of fused-ring (bicyclic) bond motifs is 2. The number of carbonyl (C=O) groups excluding carboxylic acids is 4. The van der Waals surface area contributed by atoms with Gasteiger partial charge in [0.25, 0.3) is 5.91 Å². The van der Waals surface area contributed by atoms with E-state index in [1.165, 1.54) is 0 Å². The summed E-state index contributed by atoms with van der Waals surface area (Å²) in [5.74, 6) is -2.32. The number of ketones is 2. The average Bonchev–Trinajstić information content (AvgIpc) is 2.86. The fraction of sp³-hybridized carbons (Fsp3) is 0.464. The minimum Gasteiger partial charge on any atom is -0.445 e. The molecule has 2 atom stereocenters. The van der Waals surface area contributed by atoms with E-state index in [4.69, 9.17) is 4.74 Å². The van der Waals surface area contributed by atoms with Gasteiger partial charge in [-0.1, -0.05) is 50.2 Å². The molecule has 1 aliphatic heterocycles. The van der Waals surface area contributed by atoms with Crippen molar-refractivity contribution in [1.82, 2.24) is 15.6 Å². The van der Waals surface area contributed by atoms with Gasteiger partial charge < -0.3 is 15.4 Å². The van der Waals surface area contributed by atoms with Crippen molar-refractivity contribution in [2.45, 2.75) is 65.0 Å². The van der Waals surface area contributed by atoms with Crippen molar-refractivity contribution in [2.75, 3.05) is 6.54 Å². The molecule has 2 aromatic rings. The SMILES string of the molecule is CC(C)CC(NC(=O)OCc1ccccc1)C(=O)CC1Cc2cncc(c2)CCCCNC(=O)C1=O. The lowest BCUT2D eigenvalue weighted by molar-refractivity contribution is -0.141. The van der Waals surface area contributed by atoms with Gasteiger partial charge in [-0.25, -0.2) is 4.79 Å². The molecule has 0 fully saturated rings. The van der Waals surface area contributed by atoms with Crippen molar-refractivity contribution in [3.63, 3.8) is 0 Å². The summed E-state index contributed by atoms with van der Waals surface area (Å²) in [5, 5.41) is 5.36. The van der Waals surface area contributed by atoms with E-state index < -0.39 is 29.7 Å². The second kappa shape index (κ2) is 13.5. The average molecular weight is 494 g/mol. The molecule has 2 bridgehead atoms. The number of ether oxygens (including phenoxy) is 1. The van der Waals surface area contributed by atoms with Crippen molar-refractivity contribution >= 4 is 23.6 Å². The molecule has 192 valence electrons. The Morgan fingerprint density at radius 3 is 2.61 bits per heavy atom. The Hall–Kier alpha value is -3.55. The molecule has 0 radical (unpaired) electrons. The van der Waals surface area contributed by atoms with Crippen molar-refractivity contribution < 1.29 is 23.9 Å². The summed E-state index contributed by atoms with van der Waals surface area (Å²) in [6.07, 6.45) is 5.70. The Morgan fingerprint density at radius 1 is 1.11 bits per heavy atom. The van der Waals surface area contributed by atoms with Gasteiger partial charge in [-0.05, 0) is 54.7 Å². The summed E-state index contributed by atoms with van der Waals surface area (Å²) in [6.45, 7) is 4.38. The number of aromatic nitrogens is 1. The Kier molecular flexibility index (Phi) is 10.2. The van der Waals surface area contributed by atoms with Crippen molar-refractivity contribution in [1.29, 1.82) is 0 Å². The quantitative estimate of drug-likeness (QED) is 0.544. The number of nitrogens with one attached hydrogen (secondary N) is 2. The number of aryl methyl sites for hydroxylation is 1. The molecule has 1 aliphatic rings. The lowest BCUT2D eigenvalue weighted by atomic mass is 9.86. The fourth-order valence-electron chi connectivity index (χ4n) is 4.29. The molecule has 0 spiro atoms. The topological polar surface area (TPSA) is 114 Å². The highest BCUT2D eigenvalue weighted by Gasteiger charge is 2.32. The first-order valence-electron chi connectivity index (χ1n) is 12.6. The van der Waals surface area contributed by atoms with Crippen LogP contribution in [0.3, 0.4) is 0 Å². The zero-order valence-corrected chi connectivity index (χ0v) is 21.0. The molecular formula is C28H35N3O5. The van der Waals surface area contributed by atoms with E-state index in [1.54, 1.807) is 12.4 Å². The van der Waals surface area contributed by atoms with Gasteiger partial charge in [0.1, 0.15) is 6.61 Å². The number of nitrogens with zero attached hydrogens (tertiary/aromatic N) is 1. The molecule has 3 rings (SSSR count). The van der Waals surface area contributed by atoms with Gasteiger partial charge >= 0.3 is 6.09 Å². The molecule has 2 N–H and O–H groups in total. The third-order valence-corrected chi connectivity index (χ3v) is 6.15. The number of rotatable bonds is 8. The summed E-state index contributed by atoms with van der Waals surface area (Å²) in [4.78, 5) is 55.6. The van der Waals surface area contributed by atoms with Gasteiger partial charge in [-0.2, -0.15) is 0 Å². The maximum atomic E-state index is 13.3. The number of amides is 2. The van der Waals surface area contributed by atoms with E-state index in [-0.39, 0.29) is 31.1 Å². The molecule has 1 aromatic carbocycles. The van der Waals surface area contributed by atoms with Crippen LogP contribution in [0.25, 0.3) is 0 Å². The van der Waals surface area contributed by atoms with Crippen LogP contribution in [-0.2, 0) is 38.6 Å². The number of carbonyl (C=O) groups is 4. The van der Waals surface area contributed by atoms with Crippen LogP contribution in [0.1, 0.15) is 56.2 Å². The standard InChI is InChI=1S/C28H35N3O5/c1-19(2)12-24(31-28(35)36-18-20-8-4-3-5-9-20)25(32)15-23-14-22-13-21(16-29-17-22)10-6-7-11-30-27(34)26(23)33/h3-5,8-9,13,16-17,19,23-24H,6-7,10-12,14-15,18H2,1-2H3,(H,30,34)(H,31,35). The summed E-state index contributed by atoms with van der Waals surface area (Å²) < 4.78 is 5.30. The van der Waals surface area contributed by atoms with Gasteiger partial charge in [0.2, 0.25) is 5.78 Å². The van der Waals surface area contributed by atoms with E-state index in [2.05, 4.69) is 15.6 Å². The molecule has 8 heteroatoms. The maximum Gasteiger partial charge on any atom is 0.408 e. The van der Waals surface area contributed by atoms with Crippen LogP contribution >= 0.6 is 0 Å². The van der Waals surface area contributed by atoms with E-state index in [0.717, 1.165) is 36.0 Å². The monoisotopic (exact) mass is 493 g/mol. The molecule has 1 aromatic heterocycles. The summed E-state index contributed by atoms with van der Waals surface area (Å²) >= 11 is 0. The lowest BCUT2D eigenvalue weighted by Crippen LogP contribution is -2.44. The number of Topliss-reactive ketones (excluding diaryl/α,β-unsaturated/α-hetero) is 2. The molecular weight excluding hydrogens is 458 g/mol. The smallest absolute Gasteiger partial charge is 0.408 e. The van der Waals surface area contributed by atoms with Crippen molar-refractivity contribution in [2.24, 2.45) is 11.8 Å². The first-order chi connectivity index (χ1) is 17.3. The summed E-state index contributed by atoms with van der Waals surface area (Å²) in [7, 11) is 0. The van der Waals surface area contributed by atoms with Gasteiger partial charge in [-0.15, -0.1) is 0 Å². The predicted octanol–water partition coefficient (Wildman–Crippen LogP) is 3.56. The maximum absolute atomic E-state index is 13.3. The van der Waals surface area contributed by atoms with Crippen LogP contribution < -0.4 is 10.6 Å². The van der Waals surface area contributed by atoms with E-state index in [1.807, 2.05) is 50.2 Å². The van der Waals surface area contributed by atoms with E-state index >= 15 is 0 Å². The molecule has 2 amide bonds. The highest BCUT2D eigenvalue weighted by molar-refractivity contribution is 6.37. The highest BCUT2D eigenvalue weighted by atomic mass is 16.5. The molecule has 0 saturated heterocycles. The Morgan fingerprint density at radius 2 is 1.86 bits per heavy atom. The molecule has 2 unspecified atom stereocenters. The van der Waals surface area contributed by atoms with Crippen LogP contribution in [0.2, 0.25) is 0 Å². The molecule has 2 heterocycles. The van der Waals surface area contributed by atoms with Crippen molar-refractivity contribution in [3.05, 3.63) is 65.5 Å². The normalized spacial score (nSPS) is 17.4. The number of hydrogen-bond donors (Lipinski definition) is 2. The van der Waals surface area contributed by atoms with Crippen LogP contribution in [0.5, 0.6) is 0 Å². The highest BCUT2D eigenvalue weighted by Crippen LogP contribution is 2.19. The van der Waals surface area contributed by atoms with Crippen LogP contribution in [0.15, 0.2) is 48.8 Å². The summed E-state index contributed by atoms with van der Waals surface area (Å²) in [5.41, 5.74) is 2.71. The number of hydrogen-bond acceptors (Lipinski definition) is 6. The molecule has 36 heavy (non-hydrogen) atoms. The number of pyridine rings is 1. The third-order valence-electron chi connectivity index (χ3n) is 6.15. The molecule has 0 saturated carbocycles. The van der Waals surface area contributed by atoms with Gasteiger partial charge in [0.05, 0.1) is 6.04 Å². The fourth-order valence-corrected chi connectivity index (χ4v) is 4.29. The van der Waals surface area contributed by atoms with Crippen LogP contribution in [-0.4, -0.2) is 41.1 Å². The Bertz CT molecular complexity index is 1050. The van der Waals surface area contributed by atoms with Crippen LogP contribution in [0, 0.1) is 11.8 Å². The second-order valence-corrected chi connectivity index (χ2v) is 9.74. The van der Waals surface area contributed by atoms with Gasteiger partial charge in [0, 0.05) is 31.3 Å². The van der Waals surface area contributed by atoms with Crippen molar-refractivity contribution in [3.8, 4) is 0 Å². The lowest BCUT2D eigenvalue weighted by Gasteiger charge is -2.22. The zero-order valence-electron chi connectivity index (χ0n) is 21.0. The molecule has 8 nitrogen and oxygen atoms in total. The van der Waals surface area contributed by atoms with Gasteiger partial charge in [0.15, 0.2) is 5.78 Å². The molecule has 0 aliphatic carbocycles. The first kappa shape index (κ1) is 27.0. The first-order valence-corrected chi connectivity index (χ1v) is 12.6. The Balaban J connectivity index is 1.72. The minimum absolute atomic E-state index is 0.0832. The number of benzene rings is 1. The number of alkyl carbamates (subject to hydrolysis) is 1. The Labute approximate surface area is 212 Å². The van der Waals surface area contributed by atoms with Gasteiger partial charge in [-0.3, -0.25) is 19.4 Å². The van der Waals surface area contributed by atoms with Crippen LogP contribution in [0.4, 0.5) is 4.79 Å². The minimum atomic E-state index is -0.842. The third kappa shape index (κ3) is 8.59. The largest absolute Gasteiger partial charge is 0.445 e. The second-order valence-electron chi connectivity index (χ2n) is 9.74. The predicted molar refractivity (Wildman–Crippen MR) is 135 cm³/mol.